The second-order valence-electron chi connectivity index (χ2n) is 8.46. The molecule has 0 aliphatic rings. The molecule has 1 unspecified atom stereocenters. The second-order valence-corrected chi connectivity index (χ2v) is 8.46. The van der Waals surface area contributed by atoms with E-state index in [-0.39, 0.29) is 0 Å². The molecule has 1 atom stereocenters. The Balaban J connectivity index is 0.00000483. The number of rotatable bonds is 16. The summed E-state index contributed by atoms with van der Waals surface area (Å²) in [6, 6.07) is 9.75. The van der Waals surface area contributed by atoms with E-state index in [4.69, 9.17) is 9.53 Å². The van der Waals surface area contributed by atoms with Crippen LogP contribution in [0.15, 0.2) is 95.1 Å². The molecule has 40 heavy (non-hydrogen) atoms. The molecule has 0 saturated heterocycles. The summed E-state index contributed by atoms with van der Waals surface area (Å²) < 4.78 is 6.30. The molecular formula is C31H45N5O4. The number of hydrogen-bond donors (Lipinski definition) is 2. The summed E-state index contributed by atoms with van der Waals surface area (Å²) in [5.41, 5.74) is 2.61. The SMILES string of the molecule is C=C/C=C(\C=C/C)N(C=O)/C(N/C(C)=C/C=O)=C(\C(=NC)NCCN(C)C)C(OCC)c1ccccc1.CC=O. The Bertz CT molecular complexity index is 1070. The highest BCUT2D eigenvalue weighted by Gasteiger charge is 2.29. The number of nitrogens with one attached hydrogen (secondary N) is 2. The molecule has 2 N–H and O–H groups in total. The topological polar surface area (TPSA) is 103 Å². The molecule has 9 heteroatoms. The Morgan fingerprint density at radius 3 is 2.25 bits per heavy atom. The molecule has 0 aliphatic heterocycles. The van der Waals surface area contributed by atoms with Gasteiger partial charge in [0.2, 0.25) is 6.41 Å². The van der Waals surface area contributed by atoms with Gasteiger partial charge in [-0.05, 0) is 65.6 Å². The first-order valence-electron chi connectivity index (χ1n) is 13.0. The first-order chi connectivity index (χ1) is 19.3. The van der Waals surface area contributed by atoms with Crippen molar-refractivity contribution >= 4 is 24.8 Å². The minimum absolute atomic E-state index is 0.400. The predicted molar refractivity (Wildman–Crippen MR) is 163 cm³/mol. The van der Waals surface area contributed by atoms with Gasteiger partial charge in [-0.1, -0.05) is 49.1 Å². The van der Waals surface area contributed by atoms with Crippen molar-refractivity contribution in [3.63, 3.8) is 0 Å². The number of aldehydes is 2. The summed E-state index contributed by atoms with van der Waals surface area (Å²) in [4.78, 5) is 40.8. The molecule has 9 nitrogen and oxygen atoms in total. The number of allylic oxidation sites excluding steroid dienone is 6. The van der Waals surface area contributed by atoms with Gasteiger partial charge in [-0.2, -0.15) is 0 Å². The van der Waals surface area contributed by atoms with Gasteiger partial charge in [-0.25, -0.2) is 0 Å². The summed E-state index contributed by atoms with van der Waals surface area (Å²) in [6.45, 7) is 12.6. The van der Waals surface area contributed by atoms with E-state index < -0.39 is 6.10 Å². The van der Waals surface area contributed by atoms with Crippen LogP contribution < -0.4 is 10.6 Å². The first kappa shape index (κ1) is 35.9. The van der Waals surface area contributed by atoms with Crippen molar-refractivity contribution in [1.29, 1.82) is 0 Å². The van der Waals surface area contributed by atoms with E-state index in [1.54, 1.807) is 32.2 Å². The lowest BCUT2D eigenvalue weighted by atomic mass is 9.99. The Hall–Kier alpha value is -4.08. The Morgan fingerprint density at radius 2 is 1.77 bits per heavy atom. The van der Waals surface area contributed by atoms with Crippen LogP contribution in [0.3, 0.4) is 0 Å². The number of hydrogen-bond acceptors (Lipinski definition) is 7. The number of amidine groups is 1. The van der Waals surface area contributed by atoms with Crippen molar-refractivity contribution in [1.82, 2.24) is 20.4 Å². The summed E-state index contributed by atoms with van der Waals surface area (Å²) >= 11 is 0. The molecule has 1 rings (SSSR count). The third-order valence-electron chi connectivity index (χ3n) is 5.17. The molecular weight excluding hydrogens is 506 g/mol. The molecule has 1 aromatic carbocycles. The van der Waals surface area contributed by atoms with Gasteiger partial charge in [0.05, 0.1) is 5.57 Å². The van der Waals surface area contributed by atoms with Crippen molar-refractivity contribution in [2.75, 3.05) is 40.8 Å². The molecule has 0 heterocycles. The normalized spacial score (nSPS) is 13.6. The van der Waals surface area contributed by atoms with Crippen LogP contribution in [0, 0.1) is 0 Å². The van der Waals surface area contributed by atoms with Crippen LogP contribution >= 0.6 is 0 Å². The molecule has 0 fully saturated rings. The molecule has 0 aromatic heterocycles. The number of nitrogens with zero attached hydrogens (tertiary/aromatic N) is 3. The van der Waals surface area contributed by atoms with Gasteiger partial charge in [0.15, 0.2) is 0 Å². The van der Waals surface area contributed by atoms with Crippen LogP contribution in [0.4, 0.5) is 0 Å². The number of carbonyl (C=O) groups is 3. The number of aliphatic imine (C=N–C) groups is 1. The number of benzene rings is 1. The van der Waals surface area contributed by atoms with Crippen LogP contribution in [0.1, 0.15) is 39.4 Å². The van der Waals surface area contributed by atoms with Gasteiger partial charge in [0, 0.05) is 38.1 Å². The zero-order valence-corrected chi connectivity index (χ0v) is 24.9. The molecule has 1 aromatic rings. The molecule has 0 radical (unpaired) electrons. The van der Waals surface area contributed by atoms with E-state index in [1.807, 2.05) is 64.4 Å². The highest BCUT2D eigenvalue weighted by molar-refractivity contribution is 6.00. The monoisotopic (exact) mass is 551 g/mol. The van der Waals surface area contributed by atoms with Crippen LogP contribution in [-0.2, 0) is 19.1 Å². The van der Waals surface area contributed by atoms with E-state index in [2.05, 4.69) is 27.1 Å². The van der Waals surface area contributed by atoms with Crippen molar-refractivity contribution in [3.8, 4) is 0 Å². The fourth-order valence-corrected chi connectivity index (χ4v) is 3.53. The average molecular weight is 552 g/mol. The predicted octanol–water partition coefficient (Wildman–Crippen LogP) is 4.16. The minimum atomic E-state index is -0.582. The molecule has 0 saturated carbocycles. The lowest BCUT2D eigenvalue weighted by Crippen LogP contribution is -2.39. The Kier molecular flexibility index (Phi) is 19.6. The fraction of sp³-hybridized carbons (Fsp3) is 0.355. The molecule has 0 aliphatic carbocycles. The quantitative estimate of drug-likeness (QED) is 0.105. The maximum atomic E-state index is 12.7. The van der Waals surface area contributed by atoms with Crippen molar-refractivity contribution in [3.05, 3.63) is 95.6 Å². The number of amides is 1. The number of ether oxygens (including phenoxy) is 1. The van der Waals surface area contributed by atoms with Gasteiger partial charge in [0.25, 0.3) is 0 Å². The smallest absolute Gasteiger partial charge is 0.219 e. The summed E-state index contributed by atoms with van der Waals surface area (Å²) in [6.07, 6.45) is 9.94. The number of carbonyl (C=O) groups excluding carboxylic acids is 3. The van der Waals surface area contributed by atoms with Gasteiger partial charge in [-0.15, -0.1) is 0 Å². The van der Waals surface area contributed by atoms with Gasteiger partial charge in [-0.3, -0.25) is 19.5 Å². The highest BCUT2D eigenvalue weighted by Crippen LogP contribution is 2.31. The van der Waals surface area contributed by atoms with Crippen LogP contribution in [-0.4, -0.2) is 75.5 Å². The van der Waals surface area contributed by atoms with Gasteiger partial charge in [0.1, 0.15) is 30.3 Å². The summed E-state index contributed by atoms with van der Waals surface area (Å²) in [5.74, 6) is 0.952. The lowest BCUT2D eigenvalue weighted by Gasteiger charge is -2.31. The van der Waals surface area contributed by atoms with E-state index in [0.717, 1.165) is 18.4 Å². The van der Waals surface area contributed by atoms with Crippen LogP contribution in [0.2, 0.25) is 0 Å². The lowest BCUT2D eigenvalue weighted by molar-refractivity contribution is -0.115. The maximum absolute atomic E-state index is 12.7. The fourth-order valence-electron chi connectivity index (χ4n) is 3.53. The van der Waals surface area contributed by atoms with Gasteiger partial charge < -0.3 is 25.1 Å². The van der Waals surface area contributed by atoms with E-state index in [1.165, 1.54) is 17.9 Å². The van der Waals surface area contributed by atoms with E-state index in [9.17, 15) is 9.59 Å². The first-order valence-corrected chi connectivity index (χ1v) is 13.0. The van der Waals surface area contributed by atoms with Crippen molar-refractivity contribution in [2.24, 2.45) is 4.99 Å². The summed E-state index contributed by atoms with van der Waals surface area (Å²) in [5, 5.41) is 6.69. The molecule has 0 spiro atoms. The van der Waals surface area contributed by atoms with Gasteiger partial charge >= 0.3 is 0 Å². The third-order valence-corrected chi connectivity index (χ3v) is 5.17. The molecule has 218 valence electrons. The zero-order valence-electron chi connectivity index (χ0n) is 24.9. The second kappa shape index (κ2) is 21.8. The Morgan fingerprint density at radius 1 is 1.12 bits per heavy atom. The van der Waals surface area contributed by atoms with Crippen LogP contribution in [0.5, 0.6) is 0 Å². The zero-order chi connectivity index (χ0) is 30.3. The molecule has 1 amide bonds. The molecule has 0 bridgehead atoms. The van der Waals surface area contributed by atoms with Crippen LogP contribution in [0.25, 0.3) is 0 Å². The standard InChI is InChI=1S/C29H41N5O3.C2H4O/c1-8-14-25(15-9-2)34(22-36)29(32-23(4)18-21-35)26(28(30-5)31-19-20-33(6)7)27(37-10-3)24-16-12-11-13-17-24;1-2-3/h8-9,11-18,21-22,27,32H,1,10,19-20H2,2-7H3,(H,30,31);2H,1H3/b15-9-,23-18+,25-14+,29-26-;. The highest BCUT2D eigenvalue weighted by atomic mass is 16.5. The third kappa shape index (κ3) is 12.6. The minimum Gasteiger partial charge on any atom is -0.369 e. The number of likely N-dealkylation sites (N-methyl/N-ethyl adjacent to an activating group) is 1. The average Bonchev–Trinajstić information content (AvgIpc) is 2.93. The van der Waals surface area contributed by atoms with Crippen molar-refractivity contribution < 1.29 is 19.1 Å². The van der Waals surface area contributed by atoms with E-state index in [0.29, 0.717) is 54.5 Å². The largest absolute Gasteiger partial charge is 0.369 e. The summed E-state index contributed by atoms with van der Waals surface area (Å²) in [7, 11) is 5.67. The maximum Gasteiger partial charge on any atom is 0.219 e. The van der Waals surface area contributed by atoms with E-state index >= 15 is 0 Å². The van der Waals surface area contributed by atoms with Crippen molar-refractivity contribution in [2.45, 2.75) is 33.8 Å². The Labute approximate surface area is 239 Å².